The molecular formula is C9H17FO2. The molecule has 0 saturated heterocycles. The third kappa shape index (κ3) is 6.13. The average molecular weight is 176 g/mol. The smallest absolute Gasteiger partial charge is 0.340 e. The van der Waals surface area contributed by atoms with E-state index in [2.05, 4.69) is 11.7 Å². The van der Waals surface area contributed by atoms with Crippen LogP contribution in [0.4, 0.5) is 4.39 Å². The van der Waals surface area contributed by atoms with Crippen LogP contribution in [-0.4, -0.2) is 18.7 Å². The summed E-state index contributed by atoms with van der Waals surface area (Å²) in [4.78, 5) is 10.6. The van der Waals surface area contributed by atoms with Gasteiger partial charge in [-0.25, -0.2) is 9.18 Å². The molecule has 1 atom stereocenters. The van der Waals surface area contributed by atoms with Gasteiger partial charge in [0, 0.05) is 0 Å². The Balaban J connectivity index is 3.14. The highest BCUT2D eigenvalue weighted by molar-refractivity contribution is 5.73. The number of carbonyl (C=O) groups excluding carboxylic acids is 1. The molecule has 0 fully saturated rings. The summed E-state index contributed by atoms with van der Waals surface area (Å²) in [7, 11) is 0. The molecule has 0 aliphatic rings. The molecule has 1 unspecified atom stereocenters. The second kappa shape index (κ2) is 7.07. The summed E-state index contributed by atoms with van der Waals surface area (Å²) in [6.07, 6.45) is 2.68. The van der Waals surface area contributed by atoms with Crippen molar-refractivity contribution in [1.29, 1.82) is 0 Å². The Hall–Kier alpha value is -0.600. The molecule has 0 radical (unpaired) electrons. The first-order valence-electron chi connectivity index (χ1n) is 4.49. The van der Waals surface area contributed by atoms with Gasteiger partial charge in [0.15, 0.2) is 6.17 Å². The van der Waals surface area contributed by atoms with Crippen LogP contribution in [0, 0.1) is 0 Å². The van der Waals surface area contributed by atoms with E-state index in [9.17, 15) is 9.18 Å². The molecule has 0 heterocycles. The molecule has 0 saturated carbocycles. The first kappa shape index (κ1) is 11.4. The van der Waals surface area contributed by atoms with Crippen molar-refractivity contribution in [3.05, 3.63) is 0 Å². The Bertz CT molecular complexity index is 124. The number of carbonyl (C=O) groups is 1. The molecule has 2 nitrogen and oxygen atoms in total. The van der Waals surface area contributed by atoms with Gasteiger partial charge in [-0.2, -0.15) is 0 Å². The third-order valence-electron chi connectivity index (χ3n) is 1.57. The van der Waals surface area contributed by atoms with Gasteiger partial charge in [-0.1, -0.05) is 26.2 Å². The molecule has 0 rings (SSSR count). The Morgan fingerprint density at radius 3 is 2.58 bits per heavy atom. The van der Waals surface area contributed by atoms with Crippen LogP contribution in [0.15, 0.2) is 0 Å². The van der Waals surface area contributed by atoms with E-state index < -0.39 is 12.1 Å². The molecule has 0 aromatic rings. The quantitative estimate of drug-likeness (QED) is 0.459. The Morgan fingerprint density at radius 1 is 1.42 bits per heavy atom. The fraction of sp³-hybridized carbons (Fsp3) is 0.889. The number of hydrogen-bond acceptors (Lipinski definition) is 2. The van der Waals surface area contributed by atoms with E-state index in [-0.39, 0.29) is 0 Å². The number of rotatable bonds is 6. The highest BCUT2D eigenvalue weighted by Crippen LogP contribution is 2.00. The van der Waals surface area contributed by atoms with Crippen LogP contribution < -0.4 is 0 Å². The average Bonchev–Trinajstić information content (AvgIpc) is 2.03. The molecule has 0 aliphatic heterocycles. The summed E-state index contributed by atoms with van der Waals surface area (Å²) >= 11 is 0. The first-order chi connectivity index (χ1) is 5.68. The van der Waals surface area contributed by atoms with Crippen LogP contribution in [-0.2, 0) is 9.53 Å². The monoisotopic (exact) mass is 176 g/mol. The Morgan fingerprint density at radius 2 is 2.08 bits per heavy atom. The molecule has 72 valence electrons. The van der Waals surface area contributed by atoms with E-state index >= 15 is 0 Å². The lowest BCUT2D eigenvalue weighted by molar-refractivity contribution is -0.149. The van der Waals surface area contributed by atoms with Crippen LogP contribution in [0.2, 0.25) is 0 Å². The topological polar surface area (TPSA) is 26.3 Å². The highest BCUT2D eigenvalue weighted by Gasteiger charge is 2.10. The minimum absolute atomic E-state index is 0.354. The van der Waals surface area contributed by atoms with Gasteiger partial charge >= 0.3 is 5.97 Å². The maximum absolute atomic E-state index is 12.2. The second-order valence-corrected chi connectivity index (χ2v) is 2.84. The highest BCUT2D eigenvalue weighted by atomic mass is 19.1. The molecule has 0 spiro atoms. The number of unbranched alkanes of at least 4 members (excludes halogenated alkanes) is 3. The SMILES string of the molecule is CCCCCCOC(=O)C(C)F. The minimum Gasteiger partial charge on any atom is -0.464 e. The minimum atomic E-state index is -1.49. The molecule has 12 heavy (non-hydrogen) atoms. The van der Waals surface area contributed by atoms with Gasteiger partial charge in [-0.15, -0.1) is 0 Å². The molecule has 0 aliphatic carbocycles. The van der Waals surface area contributed by atoms with Crippen molar-refractivity contribution >= 4 is 5.97 Å². The van der Waals surface area contributed by atoms with Gasteiger partial charge in [0.25, 0.3) is 0 Å². The molecular weight excluding hydrogens is 159 g/mol. The van der Waals surface area contributed by atoms with Gasteiger partial charge in [0.2, 0.25) is 0 Å². The lowest BCUT2D eigenvalue weighted by atomic mass is 10.2. The van der Waals surface area contributed by atoms with Crippen molar-refractivity contribution in [3.63, 3.8) is 0 Å². The lowest BCUT2D eigenvalue weighted by Gasteiger charge is -2.04. The number of ether oxygens (including phenoxy) is 1. The van der Waals surface area contributed by atoms with Gasteiger partial charge in [-0.05, 0) is 13.3 Å². The van der Waals surface area contributed by atoms with E-state index in [0.717, 1.165) is 25.7 Å². The van der Waals surface area contributed by atoms with Crippen LogP contribution in [0.25, 0.3) is 0 Å². The number of hydrogen-bond donors (Lipinski definition) is 0. The second-order valence-electron chi connectivity index (χ2n) is 2.84. The molecule has 0 aromatic carbocycles. The fourth-order valence-electron chi connectivity index (χ4n) is 0.816. The van der Waals surface area contributed by atoms with Crippen molar-refractivity contribution in [1.82, 2.24) is 0 Å². The van der Waals surface area contributed by atoms with Crippen molar-refractivity contribution in [2.45, 2.75) is 45.7 Å². The Labute approximate surface area is 73.1 Å². The van der Waals surface area contributed by atoms with Crippen LogP contribution >= 0.6 is 0 Å². The number of alkyl halides is 1. The Kier molecular flexibility index (Phi) is 6.72. The fourth-order valence-corrected chi connectivity index (χ4v) is 0.816. The summed E-state index contributed by atoms with van der Waals surface area (Å²) in [6.45, 7) is 3.65. The van der Waals surface area contributed by atoms with Crippen LogP contribution in [0.5, 0.6) is 0 Å². The zero-order valence-electron chi connectivity index (χ0n) is 7.81. The summed E-state index contributed by atoms with van der Waals surface area (Å²) in [5.41, 5.74) is 0. The van der Waals surface area contributed by atoms with Crippen LogP contribution in [0.3, 0.4) is 0 Å². The van der Waals surface area contributed by atoms with Crippen molar-refractivity contribution in [2.24, 2.45) is 0 Å². The van der Waals surface area contributed by atoms with E-state index in [0.29, 0.717) is 6.61 Å². The molecule has 0 bridgehead atoms. The zero-order valence-corrected chi connectivity index (χ0v) is 7.81. The standard InChI is InChI=1S/C9H17FO2/c1-3-4-5-6-7-12-9(11)8(2)10/h8H,3-7H2,1-2H3. The van der Waals surface area contributed by atoms with Crippen molar-refractivity contribution < 1.29 is 13.9 Å². The lowest BCUT2D eigenvalue weighted by Crippen LogP contribution is -2.15. The van der Waals surface area contributed by atoms with E-state index in [1.54, 1.807) is 0 Å². The summed E-state index contributed by atoms with van der Waals surface area (Å²) in [5, 5.41) is 0. The predicted octanol–water partition coefficient (Wildman–Crippen LogP) is 2.47. The van der Waals surface area contributed by atoms with Gasteiger partial charge in [0.05, 0.1) is 6.61 Å². The summed E-state index contributed by atoms with van der Waals surface area (Å²) < 4.78 is 16.8. The molecule has 0 N–H and O–H groups in total. The van der Waals surface area contributed by atoms with Gasteiger partial charge in [-0.3, -0.25) is 0 Å². The van der Waals surface area contributed by atoms with E-state index in [1.807, 2.05) is 0 Å². The van der Waals surface area contributed by atoms with E-state index in [4.69, 9.17) is 0 Å². The summed E-state index contributed by atoms with van der Waals surface area (Å²) in [6, 6.07) is 0. The zero-order chi connectivity index (χ0) is 9.40. The maximum atomic E-state index is 12.2. The summed E-state index contributed by atoms with van der Waals surface area (Å²) in [5.74, 6) is -0.744. The van der Waals surface area contributed by atoms with Crippen molar-refractivity contribution in [3.8, 4) is 0 Å². The largest absolute Gasteiger partial charge is 0.464 e. The molecule has 0 aromatic heterocycles. The third-order valence-corrected chi connectivity index (χ3v) is 1.57. The van der Waals surface area contributed by atoms with Gasteiger partial charge < -0.3 is 4.74 Å². The van der Waals surface area contributed by atoms with Crippen LogP contribution in [0.1, 0.15) is 39.5 Å². The molecule has 0 amide bonds. The normalized spacial score (nSPS) is 12.6. The maximum Gasteiger partial charge on any atom is 0.340 e. The first-order valence-corrected chi connectivity index (χ1v) is 4.49. The van der Waals surface area contributed by atoms with Gasteiger partial charge in [0.1, 0.15) is 0 Å². The number of esters is 1. The predicted molar refractivity (Wildman–Crippen MR) is 45.7 cm³/mol. The molecule has 3 heteroatoms. The van der Waals surface area contributed by atoms with E-state index in [1.165, 1.54) is 6.92 Å². The number of halogens is 1. The van der Waals surface area contributed by atoms with Crippen molar-refractivity contribution in [2.75, 3.05) is 6.61 Å².